The number of quaternary nitrogens is 1. The zero-order valence-electron chi connectivity index (χ0n) is 39.1. The number of nitrogens with zero attached hydrogens (tertiary/aromatic N) is 1. The Morgan fingerprint density at radius 2 is 0.933 bits per heavy atom. The summed E-state index contributed by atoms with van der Waals surface area (Å²) in [5, 5.41) is 11.6. The number of hydrogen-bond acceptors (Lipinski definition) is 7. The quantitative estimate of drug-likeness (QED) is 0.0261. The first-order valence-electron chi connectivity index (χ1n) is 24.0. The Morgan fingerprint density at radius 3 is 1.37 bits per heavy atom. The van der Waals surface area contributed by atoms with Gasteiger partial charge in [0.2, 0.25) is 0 Å². The van der Waals surface area contributed by atoms with Gasteiger partial charge in [0.25, 0.3) is 0 Å². The monoisotopic (exact) mass is 840 g/mol. The third kappa shape index (κ3) is 40.2. The lowest BCUT2D eigenvalue weighted by atomic mass is 10.0. The fourth-order valence-electron chi connectivity index (χ4n) is 6.67. The molecule has 0 heterocycles. The van der Waals surface area contributed by atoms with E-state index in [1.165, 1.54) is 83.5 Å². The average Bonchev–Trinajstić information content (AvgIpc) is 3.21. The van der Waals surface area contributed by atoms with Crippen LogP contribution in [0.25, 0.3) is 0 Å². The van der Waals surface area contributed by atoms with Crippen molar-refractivity contribution in [1.29, 1.82) is 0 Å². The molecule has 0 saturated carbocycles. The van der Waals surface area contributed by atoms with E-state index in [2.05, 4.69) is 86.8 Å². The maximum absolute atomic E-state index is 12.7. The molecule has 0 radical (unpaired) electrons. The van der Waals surface area contributed by atoms with E-state index in [4.69, 9.17) is 14.2 Å². The van der Waals surface area contributed by atoms with E-state index >= 15 is 0 Å². The molecule has 0 aromatic carbocycles. The molecule has 60 heavy (non-hydrogen) atoms. The van der Waals surface area contributed by atoms with Crippen molar-refractivity contribution in [2.45, 2.75) is 199 Å². The van der Waals surface area contributed by atoms with Gasteiger partial charge in [0.15, 0.2) is 6.10 Å². The lowest BCUT2D eigenvalue weighted by Crippen LogP contribution is -2.55. The lowest BCUT2D eigenvalue weighted by molar-refractivity contribution is -0.889. The number of hydrogen-bond donors (Lipinski definition) is 0. The van der Waals surface area contributed by atoms with Crippen LogP contribution in [0.4, 0.5) is 0 Å². The highest BCUT2D eigenvalue weighted by atomic mass is 16.6. The Hall–Kier alpha value is -3.23. The summed E-state index contributed by atoms with van der Waals surface area (Å²) in [6, 6.07) is -0.736. The molecule has 0 aliphatic heterocycles. The van der Waals surface area contributed by atoms with Gasteiger partial charge in [0.1, 0.15) is 12.6 Å². The minimum atomic E-state index is -1.13. The Morgan fingerprint density at radius 1 is 0.517 bits per heavy atom. The summed E-state index contributed by atoms with van der Waals surface area (Å²) < 4.78 is 17.1. The molecule has 344 valence electrons. The van der Waals surface area contributed by atoms with E-state index < -0.39 is 18.1 Å². The van der Waals surface area contributed by atoms with Crippen molar-refractivity contribution in [3.05, 3.63) is 72.9 Å². The smallest absolute Gasteiger partial charge is 0.306 e. The summed E-state index contributed by atoms with van der Waals surface area (Å²) in [5.41, 5.74) is 0. The maximum Gasteiger partial charge on any atom is 0.306 e. The zero-order chi connectivity index (χ0) is 44.2. The number of esters is 2. The molecule has 0 saturated heterocycles. The van der Waals surface area contributed by atoms with Gasteiger partial charge in [0.05, 0.1) is 40.3 Å². The third-order valence-electron chi connectivity index (χ3n) is 10.4. The molecule has 0 bridgehead atoms. The highest BCUT2D eigenvalue weighted by molar-refractivity contribution is 5.70. The van der Waals surface area contributed by atoms with Crippen molar-refractivity contribution in [3.8, 4) is 0 Å². The van der Waals surface area contributed by atoms with Gasteiger partial charge in [-0.05, 0) is 57.8 Å². The van der Waals surface area contributed by atoms with Gasteiger partial charge in [0, 0.05) is 19.3 Å². The van der Waals surface area contributed by atoms with Gasteiger partial charge in [-0.2, -0.15) is 0 Å². The van der Waals surface area contributed by atoms with Gasteiger partial charge in [-0.25, -0.2) is 0 Å². The predicted octanol–water partition coefficient (Wildman–Crippen LogP) is 12.2. The van der Waals surface area contributed by atoms with Gasteiger partial charge < -0.3 is 28.6 Å². The number of aliphatic carboxylic acids is 1. The van der Waals surface area contributed by atoms with Crippen LogP contribution in [-0.2, 0) is 28.6 Å². The summed E-state index contributed by atoms with van der Waals surface area (Å²) in [6.45, 7) is 4.49. The molecule has 0 spiro atoms. The van der Waals surface area contributed by atoms with Crippen molar-refractivity contribution >= 4 is 17.9 Å². The third-order valence-corrected chi connectivity index (χ3v) is 10.4. The van der Waals surface area contributed by atoms with Crippen molar-refractivity contribution in [1.82, 2.24) is 0 Å². The maximum atomic E-state index is 12.7. The second kappa shape index (κ2) is 42.5. The number of carbonyl (C=O) groups is 3. The number of rotatable bonds is 42. The van der Waals surface area contributed by atoms with E-state index in [-0.39, 0.29) is 49.1 Å². The Balaban J connectivity index is 4.40. The molecule has 0 aliphatic carbocycles. The fourth-order valence-corrected chi connectivity index (χ4v) is 6.67. The van der Waals surface area contributed by atoms with Gasteiger partial charge in [-0.3, -0.25) is 9.59 Å². The largest absolute Gasteiger partial charge is 0.544 e. The molecule has 2 atom stereocenters. The summed E-state index contributed by atoms with van der Waals surface area (Å²) in [7, 11) is 5.39. The van der Waals surface area contributed by atoms with Gasteiger partial charge >= 0.3 is 11.9 Å². The highest BCUT2D eigenvalue weighted by Crippen LogP contribution is 2.15. The Labute approximate surface area is 368 Å². The average molecular weight is 840 g/mol. The number of carboxylic acids is 1. The van der Waals surface area contributed by atoms with Crippen molar-refractivity contribution < 1.29 is 38.2 Å². The molecular formula is C52H89NO7. The summed E-state index contributed by atoms with van der Waals surface area (Å²) in [4.78, 5) is 36.9. The molecule has 0 aromatic heterocycles. The molecule has 0 rings (SSSR count). The normalized spacial score (nSPS) is 13.6. The van der Waals surface area contributed by atoms with E-state index in [0.29, 0.717) is 12.8 Å². The van der Waals surface area contributed by atoms with E-state index in [9.17, 15) is 19.5 Å². The molecule has 0 fully saturated rings. The molecule has 0 amide bonds. The topological polar surface area (TPSA) is 102 Å². The van der Waals surface area contributed by atoms with Crippen LogP contribution < -0.4 is 5.11 Å². The lowest BCUT2D eigenvalue weighted by Gasteiger charge is -2.34. The second-order valence-electron chi connectivity index (χ2n) is 17.0. The van der Waals surface area contributed by atoms with Crippen LogP contribution in [0.3, 0.4) is 0 Å². The first-order chi connectivity index (χ1) is 29.1. The number of carbonyl (C=O) groups excluding carboxylic acids is 3. The summed E-state index contributed by atoms with van der Waals surface area (Å²) >= 11 is 0. The van der Waals surface area contributed by atoms with Gasteiger partial charge in [-0.1, -0.05) is 183 Å². The predicted molar refractivity (Wildman–Crippen MR) is 249 cm³/mol. The highest BCUT2D eigenvalue weighted by Gasteiger charge is 2.25. The number of allylic oxidation sites excluding steroid dienone is 12. The minimum absolute atomic E-state index is 0.0213. The van der Waals surface area contributed by atoms with Gasteiger partial charge in [-0.15, -0.1) is 0 Å². The Kier molecular flexibility index (Phi) is 40.2. The standard InChI is InChI=1S/C52H89NO7/c1-6-8-10-12-14-16-18-20-22-24-25-26-27-29-30-32-34-36-38-40-42-50(54)59-47-48(46-58-45-44-49(52(56)57)53(3,4)5)60-51(55)43-41-39-37-35-33-31-28-23-21-19-17-15-13-11-9-7-2/h8,10,14,16,20,22,25-26,29-30,34,36,48-49H,6-7,9,11-13,15,17-19,21,23-24,27-28,31-33,35,37-47H2,1-5H3/b10-8+,16-14+,22-20+,26-25+,30-29+,36-34+. The molecule has 2 unspecified atom stereocenters. The molecule has 0 aliphatic rings. The molecule has 8 heteroatoms. The summed E-state index contributed by atoms with van der Waals surface area (Å²) in [5.74, 6) is -1.81. The number of ether oxygens (including phenoxy) is 3. The zero-order valence-corrected chi connectivity index (χ0v) is 39.1. The van der Waals surface area contributed by atoms with Crippen LogP contribution in [-0.4, -0.2) is 75.5 Å². The fraction of sp³-hybridized carbons (Fsp3) is 0.712. The van der Waals surface area contributed by atoms with E-state index in [0.717, 1.165) is 64.2 Å². The SMILES string of the molecule is CC/C=C/C/C=C/C/C=C/C/C=C/C/C=C/C/C=C/CCCC(=O)OCC(COCCC(C(=O)[O-])[N+](C)(C)C)OC(=O)CCCCCCCCCCCCCCCCCC. The second-order valence-corrected chi connectivity index (χ2v) is 17.0. The van der Waals surface area contributed by atoms with Crippen LogP contribution in [0, 0.1) is 0 Å². The number of unbranched alkanes of at least 4 members (excludes halogenated alkanes) is 16. The van der Waals surface area contributed by atoms with Crippen LogP contribution in [0.2, 0.25) is 0 Å². The van der Waals surface area contributed by atoms with Crippen LogP contribution in [0.15, 0.2) is 72.9 Å². The molecule has 0 N–H and O–H groups in total. The van der Waals surface area contributed by atoms with Crippen LogP contribution in [0.1, 0.15) is 187 Å². The molecule has 0 aromatic rings. The molecule has 8 nitrogen and oxygen atoms in total. The van der Waals surface area contributed by atoms with E-state index in [1.54, 1.807) is 21.1 Å². The minimum Gasteiger partial charge on any atom is -0.544 e. The first kappa shape index (κ1) is 56.8. The van der Waals surface area contributed by atoms with Crippen LogP contribution >= 0.6 is 0 Å². The van der Waals surface area contributed by atoms with E-state index in [1.807, 2.05) is 0 Å². The van der Waals surface area contributed by atoms with Crippen LogP contribution in [0.5, 0.6) is 0 Å². The van der Waals surface area contributed by atoms with Crippen molar-refractivity contribution in [2.24, 2.45) is 0 Å². The number of likely N-dealkylation sites (N-methyl/N-ethyl adjacent to an activating group) is 1. The Bertz CT molecular complexity index is 1210. The molecular weight excluding hydrogens is 751 g/mol. The van der Waals surface area contributed by atoms with Crippen molar-refractivity contribution in [3.63, 3.8) is 0 Å². The first-order valence-corrected chi connectivity index (χ1v) is 24.0. The summed E-state index contributed by atoms with van der Waals surface area (Å²) in [6.07, 6.45) is 53.6. The van der Waals surface area contributed by atoms with Crippen molar-refractivity contribution in [2.75, 3.05) is 41.0 Å². The number of carboxylic acid groups (broad SMARTS) is 1.